The van der Waals surface area contributed by atoms with Gasteiger partial charge in [0, 0.05) is 4.90 Å². The normalized spacial score (nSPS) is 12.7. The lowest BCUT2D eigenvalue weighted by atomic mass is 10.1. The SMILES string of the molecule is C[C@H](O)c1cc(F)ccc1Sc1cccs1. The van der Waals surface area contributed by atoms with Crippen molar-refractivity contribution in [2.75, 3.05) is 0 Å². The fourth-order valence-electron chi connectivity index (χ4n) is 1.37. The molecular weight excluding hydrogens is 243 g/mol. The van der Waals surface area contributed by atoms with E-state index in [2.05, 4.69) is 0 Å². The minimum atomic E-state index is -0.654. The van der Waals surface area contributed by atoms with E-state index in [1.165, 1.54) is 12.1 Å². The van der Waals surface area contributed by atoms with Crippen molar-refractivity contribution >= 4 is 23.1 Å². The number of hydrogen-bond acceptors (Lipinski definition) is 3. The molecule has 0 saturated heterocycles. The highest BCUT2D eigenvalue weighted by molar-refractivity contribution is 8.01. The van der Waals surface area contributed by atoms with Gasteiger partial charge in [-0.25, -0.2) is 4.39 Å². The second kappa shape index (κ2) is 4.99. The summed E-state index contributed by atoms with van der Waals surface area (Å²) >= 11 is 3.18. The van der Waals surface area contributed by atoms with Crippen LogP contribution in [0.3, 0.4) is 0 Å². The predicted octanol–water partition coefficient (Wildman–Crippen LogP) is 4.09. The second-order valence-electron chi connectivity index (χ2n) is 3.39. The van der Waals surface area contributed by atoms with Crippen molar-refractivity contribution in [2.45, 2.75) is 22.1 Å². The van der Waals surface area contributed by atoms with E-state index in [0.717, 1.165) is 9.10 Å². The lowest BCUT2D eigenvalue weighted by molar-refractivity contribution is 0.196. The molecule has 0 fully saturated rings. The minimum absolute atomic E-state index is 0.313. The van der Waals surface area contributed by atoms with Crippen molar-refractivity contribution in [2.24, 2.45) is 0 Å². The van der Waals surface area contributed by atoms with Crippen molar-refractivity contribution < 1.29 is 9.50 Å². The van der Waals surface area contributed by atoms with Crippen LogP contribution in [0.15, 0.2) is 44.8 Å². The molecule has 0 spiro atoms. The highest BCUT2D eigenvalue weighted by Crippen LogP contribution is 2.35. The predicted molar refractivity (Wildman–Crippen MR) is 65.5 cm³/mol. The van der Waals surface area contributed by atoms with Gasteiger partial charge in [0.1, 0.15) is 5.82 Å². The number of thiophene rings is 1. The van der Waals surface area contributed by atoms with E-state index in [4.69, 9.17) is 0 Å². The number of hydrogen-bond donors (Lipinski definition) is 1. The van der Waals surface area contributed by atoms with Gasteiger partial charge in [-0.1, -0.05) is 17.8 Å². The molecule has 0 saturated carbocycles. The Labute approximate surface area is 102 Å². The van der Waals surface area contributed by atoms with Crippen LogP contribution in [0.4, 0.5) is 4.39 Å². The maximum Gasteiger partial charge on any atom is 0.123 e. The molecule has 0 aliphatic carbocycles. The van der Waals surface area contributed by atoms with Crippen LogP contribution in [0.5, 0.6) is 0 Å². The van der Waals surface area contributed by atoms with E-state index in [1.54, 1.807) is 36.1 Å². The van der Waals surface area contributed by atoms with Crippen LogP contribution >= 0.6 is 23.1 Å². The Morgan fingerprint density at radius 1 is 1.38 bits per heavy atom. The molecule has 4 heteroatoms. The summed E-state index contributed by atoms with van der Waals surface area (Å²) in [5.41, 5.74) is 0.637. The first kappa shape index (κ1) is 11.6. The van der Waals surface area contributed by atoms with Gasteiger partial charge in [0.15, 0.2) is 0 Å². The van der Waals surface area contributed by atoms with E-state index < -0.39 is 6.10 Å². The van der Waals surface area contributed by atoms with Gasteiger partial charge in [0.2, 0.25) is 0 Å². The monoisotopic (exact) mass is 254 g/mol. The van der Waals surface area contributed by atoms with Crippen LogP contribution in [0.25, 0.3) is 0 Å². The van der Waals surface area contributed by atoms with Crippen molar-refractivity contribution in [1.29, 1.82) is 0 Å². The largest absolute Gasteiger partial charge is 0.389 e. The number of halogens is 1. The second-order valence-corrected chi connectivity index (χ2v) is 5.68. The number of aliphatic hydroxyl groups excluding tert-OH is 1. The summed E-state index contributed by atoms with van der Waals surface area (Å²) in [6, 6.07) is 8.49. The third-order valence-corrected chi connectivity index (χ3v) is 4.26. The molecule has 1 N–H and O–H groups in total. The summed E-state index contributed by atoms with van der Waals surface area (Å²) in [5.74, 6) is -0.313. The van der Waals surface area contributed by atoms with Crippen molar-refractivity contribution in [3.8, 4) is 0 Å². The van der Waals surface area contributed by atoms with Gasteiger partial charge in [0.25, 0.3) is 0 Å². The summed E-state index contributed by atoms with van der Waals surface area (Å²) in [7, 11) is 0. The van der Waals surface area contributed by atoms with Crippen molar-refractivity contribution in [3.05, 3.63) is 47.1 Å². The maximum absolute atomic E-state index is 13.1. The topological polar surface area (TPSA) is 20.2 Å². The molecule has 0 amide bonds. The average Bonchev–Trinajstić information content (AvgIpc) is 2.73. The van der Waals surface area contributed by atoms with Gasteiger partial charge in [0.05, 0.1) is 10.3 Å². The van der Waals surface area contributed by atoms with Gasteiger partial charge < -0.3 is 5.11 Å². The van der Waals surface area contributed by atoms with Crippen molar-refractivity contribution in [3.63, 3.8) is 0 Å². The zero-order chi connectivity index (χ0) is 11.5. The van der Waals surface area contributed by atoms with Crippen LogP contribution in [0.1, 0.15) is 18.6 Å². The van der Waals surface area contributed by atoms with Gasteiger partial charge >= 0.3 is 0 Å². The molecule has 84 valence electrons. The van der Waals surface area contributed by atoms with E-state index in [0.29, 0.717) is 5.56 Å². The number of rotatable bonds is 3. The average molecular weight is 254 g/mol. The fraction of sp³-hybridized carbons (Fsp3) is 0.167. The Morgan fingerprint density at radius 2 is 2.19 bits per heavy atom. The van der Waals surface area contributed by atoms with Gasteiger partial charge in [-0.2, -0.15) is 0 Å². The third kappa shape index (κ3) is 2.64. The molecule has 1 aromatic carbocycles. The molecule has 0 unspecified atom stereocenters. The fourth-order valence-corrected chi connectivity index (χ4v) is 3.29. The molecule has 2 rings (SSSR count). The van der Waals surface area contributed by atoms with Crippen LogP contribution in [-0.2, 0) is 0 Å². The Bertz CT molecular complexity index is 466. The molecule has 1 heterocycles. The summed E-state index contributed by atoms with van der Waals surface area (Å²) in [6.45, 7) is 1.65. The highest BCUT2D eigenvalue weighted by Gasteiger charge is 2.10. The summed E-state index contributed by atoms with van der Waals surface area (Å²) < 4.78 is 14.2. The molecule has 0 bridgehead atoms. The number of aliphatic hydroxyl groups is 1. The molecular formula is C12H11FOS2. The van der Waals surface area contributed by atoms with E-state index in [1.807, 2.05) is 17.5 Å². The van der Waals surface area contributed by atoms with E-state index >= 15 is 0 Å². The molecule has 1 nitrogen and oxygen atoms in total. The number of benzene rings is 1. The summed E-state index contributed by atoms with van der Waals surface area (Å²) in [6.07, 6.45) is -0.654. The smallest absolute Gasteiger partial charge is 0.123 e. The lowest BCUT2D eigenvalue weighted by Gasteiger charge is -2.10. The van der Waals surface area contributed by atoms with Crippen molar-refractivity contribution in [1.82, 2.24) is 0 Å². The van der Waals surface area contributed by atoms with Gasteiger partial charge in [-0.3, -0.25) is 0 Å². The zero-order valence-electron chi connectivity index (χ0n) is 8.68. The van der Waals surface area contributed by atoms with Crippen LogP contribution in [-0.4, -0.2) is 5.11 Å². The lowest BCUT2D eigenvalue weighted by Crippen LogP contribution is -1.94. The van der Waals surface area contributed by atoms with Crippen LogP contribution in [0, 0.1) is 5.82 Å². The first-order valence-corrected chi connectivity index (χ1v) is 6.55. The quantitative estimate of drug-likeness (QED) is 0.890. The van der Waals surface area contributed by atoms with Gasteiger partial charge in [-0.05, 0) is 42.1 Å². The first-order valence-electron chi connectivity index (χ1n) is 4.85. The summed E-state index contributed by atoms with van der Waals surface area (Å²) in [4.78, 5) is 0.902. The molecule has 0 aliphatic rings. The zero-order valence-corrected chi connectivity index (χ0v) is 10.3. The van der Waals surface area contributed by atoms with Crippen LogP contribution in [0.2, 0.25) is 0 Å². The minimum Gasteiger partial charge on any atom is -0.389 e. The summed E-state index contributed by atoms with van der Waals surface area (Å²) in [5, 5.41) is 11.6. The Kier molecular flexibility index (Phi) is 3.63. The highest BCUT2D eigenvalue weighted by atomic mass is 32.2. The van der Waals surface area contributed by atoms with Crippen LogP contribution < -0.4 is 0 Å². The van der Waals surface area contributed by atoms with E-state index in [9.17, 15) is 9.50 Å². The van der Waals surface area contributed by atoms with Gasteiger partial charge in [-0.15, -0.1) is 11.3 Å². The third-order valence-electron chi connectivity index (χ3n) is 2.13. The van der Waals surface area contributed by atoms with E-state index in [-0.39, 0.29) is 5.82 Å². The Hall–Kier alpha value is -0.840. The molecule has 16 heavy (non-hydrogen) atoms. The molecule has 2 aromatic rings. The molecule has 0 radical (unpaired) electrons. The standard InChI is InChI=1S/C12H11FOS2/c1-8(14)10-7-9(13)4-5-11(10)16-12-3-2-6-15-12/h2-8,14H,1H3/t8-/m0/s1. The Morgan fingerprint density at radius 3 is 2.81 bits per heavy atom. The molecule has 0 aliphatic heterocycles. The first-order chi connectivity index (χ1) is 7.66. The maximum atomic E-state index is 13.1. The molecule has 1 atom stereocenters. The molecule has 1 aromatic heterocycles. The Balaban J connectivity index is 2.33.